The van der Waals surface area contributed by atoms with Crippen molar-refractivity contribution in [1.82, 2.24) is 19.7 Å². The van der Waals surface area contributed by atoms with E-state index in [1.165, 1.54) is 24.0 Å². The Morgan fingerprint density at radius 1 is 1.12 bits per heavy atom. The zero-order valence-corrected chi connectivity index (χ0v) is 18.8. The SMILES string of the molecule is Cc1ccc2c(CSc3nc4c(cnn4-c4cccc(Cl)c4)c(=O)[nH]3)cc(=O)oc2c1C. The minimum absolute atomic E-state index is 0.283. The van der Waals surface area contributed by atoms with Gasteiger partial charge in [0.25, 0.3) is 5.56 Å². The van der Waals surface area contributed by atoms with Gasteiger partial charge in [-0.25, -0.2) is 14.5 Å². The van der Waals surface area contributed by atoms with Gasteiger partial charge in [-0.1, -0.05) is 41.6 Å². The molecule has 0 aliphatic rings. The number of rotatable bonds is 4. The van der Waals surface area contributed by atoms with Gasteiger partial charge in [-0.3, -0.25) is 4.79 Å². The first kappa shape index (κ1) is 20.5. The Labute approximate surface area is 191 Å². The molecule has 0 unspecified atom stereocenters. The van der Waals surface area contributed by atoms with Crippen molar-refractivity contribution in [1.29, 1.82) is 0 Å². The van der Waals surface area contributed by atoms with Gasteiger partial charge < -0.3 is 9.40 Å². The van der Waals surface area contributed by atoms with Crippen molar-refractivity contribution >= 4 is 45.4 Å². The summed E-state index contributed by atoms with van der Waals surface area (Å²) in [6.07, 6.45) is 1.48. The number of aromatic nitrogens is 4. The Hall–Kier alpha value is -3.36. The van der Waals surface area contributed by atoms with Crippen molar-refractivity contribution in [3.8, 4) is 5.69 Å². The van der Waals surface area contributed by atoms with Gasteiger partial charge in [0.1, 0.15) is 11.0 Å². The largest absolute Gasteiger partial charge is 0.422 e. The highest BCUT2D eigenvalue weighted by molar-refractivity contribution is 7.98. The lowest BCUT2D eigenvalue weighted by Crippen LogP contribution is -2.10. The average molecular weight is 465 g/mol. The summed E-state index contributed by atoms with van der Waals surface area (Å²) in [5.74, 6) is 0.435. The standard InChI is InChI=1S/C23H17ClN4O3S/c1-12-6-7-17-14(8-19(29)31-20(17)13(12)2)11-32-23-26-21-18(22(30)27-23)10-25-28(21)16-5-3-4-15(24)9-16/h3-10H,11H2,1-2H3,(H,26,27,30). The van der Waals surface area contributed by atoms with Crippen LogP contribution >= 0.6 is 23.4 Å². The summed E-state index contributed by atoms with van der Waals surface area (Å²) < 4.78 is 7.03. The van der Waals surface area contributed by atoms with E-state index in [1.807, 2.05) is 38.1 Å². The fraction of sp³-hybridized carbons (Fsp3) is 0.130. The summed E-state index contributed by atoms with van der Waals surface area (Å²) >= 11 is 7.44. The number of nitrogens with zero attached hydrogens (tertiary/aromatic N) is 3. The molecule has 0 spiro atoms. The molecule has 0 saturated carbocycles. The quantitative estimate of drug-likeness (QED) is 0.234. The van der Waals surface area contributed by atoms with E-state index in [0.29, 0.717) is 38.2 Å². The fourth-order valence-electron chi connectivity index (χ4n) is 3.55. The monoisotopic (exact) mass is 464 g/mol. The van der Waals surface area contributed by atoms with Crippen molar-refractivity contribution in [3.05, 3.63) is 91.1 Å². The molecular formula is C23H17ClN4O3S. The second kappa shape index (κ2) is 7.96. The number of halogens is 1. The molecule has 2 aromatic carbocycles. The molecule has 3 heterocycles. The summed E-state index contributed by atoms with van der Waals surface area (Å²) in [6, 6.07) is 12.6. The zero-order valence-electron chi connectivity index (χ0n) is 17.2. The molecule has 0 aliphatic heterocycles. The number of H-pyrrole nitrogens is 1. The summed E-state index contributed by atoms with van der Waals surface area (Å²) in [6.45, 7) is 3.91. The molecule has 0 bridgehead atoms. The number of benzene rings is 2. The van der Waals surface area contributed by atoms with Crippen LogP contribution < -0.4 is 11.2 Å². The van der Waals surface area contributed by atoms with Crippen LogP contribution in [0.4, 0.5) is 0 Å². The van der Waals surface area contributed by atoms with Gasteiger partial charge in [-0.05, 0) is 48.7 Å². The highest BCUT2D eigenvalue weighted by Crippen LogP contribution is 2.28. The third-order valence-corrected chi connectivity index (χ3v) is 6.51. The lowest BCUT2D eigenvalue weighted by molar-refractivity contribution is 0.557. The van der Waals surface area contributed by atoms with Crippen LogP contribution in [0.1, 0.15) is 16.7 Å². The highest BCUT2D eigenvalue weighted by Gasteiger charge is 2.14. The Morgan fingerprint density at radius 3 is 2.78 bits per heavy atom. The van der Waals surface area contributed by atoms with Crippen LogP contribution in [-0.4, -0.2) is 19.7 Å². The maximum absolute atomic E-state index is 12.6. The number of fused-ring (bicyclic) bond motifs is 2. The minimum Gasteiger partial charge on any atom is -0.422 e. The molecule has 7 nitrogen and oxygen atoms in total. The van der Waals surface area contributed by atoms with Crippen LogP contribution in [0.15, 0.2) is 67.8 Å². The maximum atomic E-state index is 12.6. The summed E-state index contributed by atoms with van der Waals surface area (Å²) in [7, 11) is 0. The van der Waals surface area contributed by atoms with E-state index in [9.17, 15) is 9.59 Å². The molecule has 1 N–H and O–H groups in total. The lowest BCUT2D eigenvalue weighted by Gasteiger charge is -2.09. The van der Waals surface area contributed by atoms with Gasteiger partial charge in [0.15, 0.2) is 10.8 Å². The number of hydrogen-bond donors (Lipinski definition) is 1. The summed E-state index contributed by atoms with van der Waals surface area (Å²) in [5.41, 5.74) is 3.84. The molecule has 0 amide bonds. The normalized spacial score (nSPS) is 11.5. The van der Waals surface area contributed by atoms with E-state index < -0.39 is 5.63 Å². The van der Waals surface area contributed by atoms with Crippen LogP contribution in [0.5, 0.6) is 0 Å². The van der Waals surface area contributed by atoms with E-state index in [-0.39, 0.29) is 5.56 Å². The third-order valence-electron chi connectivity index (χ3n) is 5.35. The van der Waals surface area contributed by atoms with Gasteiger partial charge >= 0.3 is 5.63 Å². The molecule has 0 fully saturated rings. The van der Waals surface area contributed by atoms with Crippen LogP contribution in [0, 0.1) is 13.8 Å². The number of thioether (sulfide) groups is 1. The van der Waals surface area contributed by atoms with Crippen molar-refractivity contribution in [3.63, 3.8) is 0 Å². The molecule has 0 aliphatic carbocycles. The topological polar surface area (TPSA) is 93.8 Å². The average Bonchev–Trinajstić information content (AvgIpc) is 3.19. The van der Waals surface area contributed by atoms with Crippen molar-refractivity contribution in [2.24, 2.45) is 0 Å². The Kier molecular flexibility index (Phi) is 5.11. The second-order valence-electron chi connectivity index (χ2n) is 7.41. The number of nitrogens with one attached hydrogen (secondary N) is 1. The molecule has 32 heavy (non-hydrogen) atoms. The molecule has 160 valence electrons. The zero-order chi connectivity index (χ0) is 22.4. The molecule has 0 radical (unpaired) electrons. The number of hydrogen-bond acceptors (Lipinski definition) is 6. The molecule has 3 aromatic heterocycles. The Morgan fingerprint density at radius 2 is 1.97 bits per heavy atom. The third kappa shape index (κ3) is 3.61. The van der Waals surface area contributed by atoms with Crippen LogP contribution in [-0.2, 0) is 5.75 Å². The molecule has 9 heteroatoms. The van der Waals surface area contributed by atoms with E-state index in [1.54, 1.807) is 16.8 Å². The van der Waals surface area contributed by atoms with Crippen molar-refractivity contribution in [2.45, 2.75) is 24.8 Å². The summed E-state index contributed by atoms with van der Waals surface area (Å²) in [5, 5.41) is 6.55. The van der Waals surface area contributed by atoms with Crippen LogP contribution in [0.3, 0.4) is 0 Å². The molecule has 5 aromatic rings. The molecule has 0 saturated heterocycles. The summed E-state index contributed by atoms with van der Waals surface area (Å²) in [4.78, 5) is 32.2. The second-order valence-corrected chi connectivity index (χ2v) is 8.81. The van der Waals surface area contributed by atoms with Crippen molar-refractivity contribution < 1.29 is 4.42 Å². The van der Waals surface area contributed by atoms with Gasteiger partial charge in [-0.2, -0.15) is 5.10 Å². The van der Waals surface area contributed by atoms with Crippen LogP contribution in [0.2, 0.25) is 5.02 Å². The van der Waals surface area contributed by atoms with E-state index in [2.05, 4.69) is 15.1 Å². The van der Waals surface area contributed by atoms with Gasteiger partial charge in [0.05, 0.1) is 11.9 Å². The van der Waals surface area contributed by atoms with E-state index >= 15 is 0 Å². The van der Waals surface area contributed by atoms with E-state index in [4.69, 9.17) is 16.0 Å². The van der Waals surface area contributed by atoms with Gasteiger partial charge in [0, 0.05) is 22.2 Å². The number of aryl methyl sites for hydroxylation is 2. The Bertz CT molecular complexity index is 1620. The smallest absolute Gasteiger partial charge is 0.336 e. The lowest BCUT2D eigenvalue weighted by atomic mass is 10.0. The molecule has 0 atom stereocenters. The van der Waals surface area contributed by atoms with E-state index in [0.717, 1.165) is 22.1 Å². The first-order valence-corrected chi connectivity index (χ1v) is 11.2. The molecule has 5 rings (SSSR count). The van der Waals surface area contributed by atoms with Gasteiger partial charge in [-0.15, -0.1) is 0 Å². The first-order valence-electron chi connectivity index (χ1n) is 9.80. The predicted octanol–water partition coefficient (Wildman–Crippen LogP) is 4.78. The Balaban J connectivity index is 1.54. The predicted molar refractivity (Wildman–Crippen MR) is 126 cm³/mol. The van der Waals surface area contributed by atoms with Crippen LogP contribution in [0.25, 0.3) is 27.7 Å². The number of aromatic amines is 1. The highest BCUT2D eigenvalue weighted by atomic mass is 35.5. The minimum atomic E-state index is -0.405. The van der Waals surface area contributed by atoms with Gasteiger partial charge in [0.2, 0.25) is 0 Å². The fourth-order valence-corrected chi connectivity index (χ4v) is 4.59. The maximum Gasteiger partial charge on any atom is 0.336 e. The molecular weight excluding hydrogens is 448 g/mol. The first-order chi connectivity index (χ1) is 15.4. The van der Waals surface area contributed by atoms with Crippen molar-refractivity contribution in [2.75, 3.05) is 0 Å².